The van der Waals surface area contributed by atoms with E-state index in [1.807, 2.05) is 0 Å². The van der Waals surface area contributed by atoms with Gasteiger partial charge < -0.3 is 10.4 Å². The van der Waals surface area contributed by atoms with Crippen molar-refractivity contribution in [2.45, 2.75) is 19.3 Å². The molecule has 0 saturated carbocycles. The minimum absolute atomic E-state index is 0.0645. The first-order chi connectivity index (χ1) is 14.9. The molecule has 1 aliphatic carbocycles. The second kappa shape index (κ2) is 8.20. The lowest BCUT2D eigenvalue weighted by Crippen LogP contribution is -2.20. The van der Waals surface area contributed by atoms with Crippen LogP contribution in [0.25, 0.3) is 11.1 Å². The smallest absolute Gasteiger partial charge is 0.332 e. The summed E-state index contributed by atoms with van der Waals surface area (Å²) in [5, 5.41) is 10.5. The number of carbonyl (C=O) groups is 2. The molecule has 0 aliphatic heterocycles. The zero-order valence-electron chi connectivity index (χ0n) is 15.3. The van der Waals surface area contributed by atoms with E-state index < -0.39 is 92.2 Å². The molecule has 32 heavy (non-hydrogen) atoms. The topological polar surface area (TPSA) is 66.4 Å². The molecule has 2 aromatic rings. The molecule has 0 heterocycles. The summed E-state index contributed by atoms with van der Waals surface area (Å²) in [6.07, 6.45) is -0.00741. The summed E-state index contributed by atoms with van der Waals surface area (Å²) in [6, 6.07) is 0. The lowest BCUT2D eigenvalue weighted by Gasteiger charge is -2.15. The van der Waals surface area contributed by atoms with Crippen LogP contribution in [0.15, 0.2) is 11.1 Å². The molecular formula is C19H8F9NO3. The lowest BCUT2D eigenvalue weighted by molar-refractivity contribution is -0.133. The van der Waals surface area contributed by atoms with Crippen molar-refractivity contribution in [1.29, 1.82) is 0 Å². The summed E-state index contributed by atoms with van der Waals surface area (Å²) in [4.78, 5) is 23.3. The van der Waals surface area contributed by atoms with E-state index in [0.29, 0.717) is 0 Å². The molecule has 2 N–H and O–H groups in total. The highest BCUT2D eigenvalue weighted by molar-refractivity contribution is 6.09. The van der Waals surface area contributed by atoms with Gasteiger partial charge in [0.15, 0.2) is 46.5 Å². The standard InChI is InChI=1S/C19H8F9NO3/c20-8-6(9(21)13(25)14(26)12(8)24)7-10(22)15(27)17(16(28)11(7)23)29-18(30)4-2-1-3-5(4)19(31)32/h1-3H2,(H,29,30)(H,31,32). The maximum absolute atomic E-state index is 14.4. The Hall–Kier alpha value is -3.51. The van der Waals surface area contributed by atoms with Crippen LogP contribution in [0, 0.1) is 52.4 Å². The number of amides is 1. The first-order valence-corrected chi connectivity index (χ1v) is 8.54. The van der Waals surface area contributed by atoms with Gasteiger partial charge in [-0.25, -0.2) is 44.3 Å². The maximum atomic E-state index is 14.4. The van der Waals surface area contributed by atoms with Gasteiger partial charge in [-0.05, 0) is 19.3 Å². The number of halogens is 9. The molecule has 0 radical (unpaired) electrons. The average Bonchev–Trinajstić information content (AvgIpc) is 3.25. The molecule has 0 atom stereocenters. The van der Waals surface area contributed by atoms with Crippen LogP contribution >= 0.6 is 0 Å². The Bertz CT molecular complexity index is 1170. The first-order valence-electron chi connectivity index (χ1n) is 8.54. The van der Waals surface area contributed by atoms with Crippen molar-refractivity contribution in [2.75, 3.05) is 5.32 Å². The molecule has 1 amide bonds. The molecule has 3 rings (SSSR count). The Morgan fingerprint density at radius 1 is 0.594 bits per heavy atom. The molecule has 0 saturated heterocycles. The lowest BCUT2D eigenvalue weighted by atomic mass is 10.0. The highest BCUT2D eigenvalue weighted by Crippen LogP contribution is 2.39. The summed E-state index contributed by atoms with van der Waals surface area (Å²) in [5.41, 5.74) is -7.12. The quantitative estimate of drug-likeness (QED) is 0.372. The van der Waals surface area contributed by atoms with E-state index in [1.54, 1.807) is 0 Å². The number of nitrogens with one attached hydrogen (secondary N) is 1. The molecule has 0 unspecified atom stereocenters. The molecule has 0 bridgehead atoms. The maximum Gasteiger partial charge on any atom is 0.332 e. The van der Waals surface area contributed by atoms with Crippen molar-refractivity contribution in [1.82, 2.24) is 0 Å². The number of anilines is 1. The van der Waals surface area contributed by atoms with Gasteiger partial charge in [0.05, 0.1) is 11.1 Å². The van der Waals surface area contributed by atoms with Gasteiger partial charge in [-0.3, -0.25) is 4.79 Å². The molecule has 170 valence electrons. The summed E-state index contributed by atoms with van der Waals surface area (Å²) < 4.78 is 125. The van der Waals surface area contributed by atoms with Crippen LogP contribution in [0.1, 0.15) is 19.3 Å². The normalized spacial score (nSPS) is 13.7. The number of benzene rings is 2. The van der Waals surface area contributed by atoms with Crippen molar-refractivity contribution in [3.63, 3.8) is 0 Å². The van der Waals surface area contributed by atoms with E-state index in [4.69, 9.17) is 5.11 Å². The van der Waals surface area contributed by atoms with Crippen molar-refractivity contribution in [3.8, 4) is 11.1 Å². The van der Waals surface area contributed by atoms with E-state index in [9.17, 15) is 49.1 Å². The van der Waals surface area contributed by atoms with E-state index >= 15 is 0 Å². The van der Waals surface area contributed by atoms with Crippen LogP contribution in [-0.4, -0.2) is 17.0 Å². The van der Waals surface area contributed by atoms with Crippen molar-refractivity contribution < 1.29 is 54.2 Å². The Kier molecular flexibility index (Phi) is 5.94. The number of hydrogen-bond acceptors (Lipinski definition) is 2. The zero-order chi connectivity index (χ0) is 24.1. The second-order valence-electron chi connectivity index (χ2n) is 6.52. The number of carboxylic acid groups (broad SMARTS) is 1. The van der Waals surface area contributed by atoms with E-state index in [1.165, 1.54) is 5.32 Å². The van der Waals surface area contributed by atoms with Crippen LogP contribution in [0.4, 0.5) is 45.2 Å². The highest BCUT2D eigenvalue weighted by Gasteiger charge is 2.35. The third kappa shape index (κ3) is 3.46. The van der Waals surface area contributed by atoms with Crippen LogP contribution in [-0.2, 0) is 9.59 Å². The Balaban J connectivity index is 2.19. The second-order valence-corrected chi connectivity index (χ2v) is 6.52. The number of rotatable bonds is 4. The van der Waals surface area contributed by atoms with Gasteiger partial charge in [0, 0.05) is 11.1 Å². The number of carboxylic acids is 1. The highest BCUT2D eigenvalue weighted by atomic mass is 19.2. The Morgan fingerprint density at radius 3 is 1.41 bits per heavy atom. The Morgan fingerprint density at radius 2 is 0.969 bits per heavy atom. The van der Waals surface area contributed by atoms with E-state index in [-0.39, 0.29) is 19.3 Å². The fourth-order valence-corrected chi connectivity index (χ4v) is 3.20. The van der Waals surface area contributed by atoms with Crippen molar-refractivity contribution >= 4 is 17.6 Å². The number of hydrogen-bond donors (Lipinski definition) is 2. The summed E-state index contributed by atoms with van der Waals surface area (Å²) >= 11 is 0. The minimum Gasteiger partial charge on any atom is -0.478 e. The Labute approximate surface area is 172 Å². The van der Waals surface area contributed by atoms with Gasteiger partial charge in [-0.2, -0.15) is 0 Å². The van der Waals surface area contributed by atoms with E-state index in [0.717, 1.165) is 0 Å². The van der Waals surface area contributed by atoms with Crippen LogP contribution in [0.2, 0.25) is 0 Å². The average molecular weight is 469 g/mol. The third-order valence-electron chi connectivity index (χ3n) is 4.71. The van der Waals surface area contributed by atoms with Crippen molar-refractivity contribution in [2.24, 2.45) is 0 Å². The predicted molar refractivity (Wildman–Crippen MR) is 88.6 cm³/mol. The van der Waals surface area contributed by atoms with Gasteiger partial charge in [0.1, 0.15) is 5.69 Å². The van der Waals surface area contributed by atoms with Gasteiger partial charge in [-0.1, -0.05) is 0 Å². The number of carbonyl (C=O) groups excluding carboxylic acids is 1. The van der Waals surface area contributed by atoms with Gasteiger partial charge >= 0.3 is 5.97 Å². The summed E-state index contributed by atoms with van der Waals surface area (Å²) in [5.74, 6) is -26.3. The monoisotopic (exact) mass is 469 g/mol. The van der Waals surface area contributed by atoms with Gasteiger partial charge in [0.2, 0.25) is 5.82 Å². The molecule has 0 spiro atoms. The zero-order valence-corrected chi connectivity index (χ0v) is 15.3. The molecule has 13 heteroatoms. The molecule has 0 aromatic heterocycles. The molecule has 2 aromatic carbocycles. The fraction of sp³-hybridized carbons (Fsp3) is 0.158. The summed E-state index contributed by atoms with van der Waals surface area (Å²) in [7, 11) is 0. The SMILES string of the molecule is O=C(O)C1=C(C(=O)Nc2c(F)c(F)c(-c3c(F)c(F)c(F)c(F)c3F)c(F)c2F)CCC1. The first kappa shape index (κ1) is 23.2. The number of aliphatic carboxylic acids is 1. The molecule has 0 fully saturated rings. The van der Waals surface area contributed by atoms with Crippen molar-refractivity contribution in [3.05, 3.63) is 63.5 Å². The van der Waals surface area contributed by atoms with Crippen LogP contribution in [0.3, 0.4) is 0 Å². The van der Waals surface area contributed by atoms with Crippen LogP contribution in [0.5, 0.6) is 0 Å². The van der Waals surface area contributed by atoms with Gasteiger partial charge in [0.25, 0.3) is 5.91 Å². The van der Waals surface area contributed by atoms with Crippen LogP contribution < -0.4 is 5.32 Å². The van der Waals surface area contributed by atoms with E-state index in [2.05, 4.69) is 0 Å². The fourth-order valence-electron chi connectivity index (χ4n) is 3.20. The largest absolute Gasteiger partial charge is 0.478 e. The van der Waals surface area contributed by atoms with Gasteiger partial charge in [-0.15, -0.1) is 0 Å². The summed E-state index contributed by atoms with van der Waals surface area (Å²) in [6.45, 7) is 0. The molecule has 4 nitrogen and oxygen atoms in total. The minimum atomic E-state index is -2.70. The molecule has 1 aliphatic rings. The predicted octanol–water partition coefficient (Wildman–Crippen LogP) is 5.11. The molecular weight excluding hydrogens is 461 g/mol. The third-order valence-corrected chi connectivity index (χ3v) is 4.71.